The third-order valence-electron chi connectivity index (χ3n) is 5.30. The van der Waals surface area contributed by atoms with Crippen LogP contribution >= 0.6 is 0 Å². The van der Waals surface area contributed by atoms with Crippen LogP contribution in [0.4, 0.5) is 5.69 Å². The number of nitrogens with zero attached hydrogens (tertiary/aromatic N) is 2. The molecule has 1 aliphatic carbocycles. The Morgan fingerprint density at radius 3 is 2.79 bits per heavy atom. The molecule has 1 aliphatic heterocycles. The molecule has 1 heterocycles. The molecule has 7 nitrogen and oxygen atoms in total. The molecule has 24 heavy (non-hydrogen) atoms. The van der Waals surface area contributed by atoms with E-state index < -0.39 is 16.3 Å². The molecule has 0 unspecified atom stereocenters. The van der Waals surface area contributed by atoms with Crippen LogP contribution in [0.15, 0.2) is 24.3 Å². The van der Waals surface area contributed by atoms with Crippen LogP contribution in [0.3, 0.4) is 0 Å². The Balaban J connectivity index is 1.43. The van der Waals surface area contributed by atoms with E-state index in [9.17, 15) is 20.0 Å². The zero-order chi connectivity index (χ0) is 17.2. The zero-order valence-corrected chi connectivity index (χ0v) is 13.5. The minimum Gasteiger partial charge on any atom is -0.494 e. The lowest BCUT2D eigenvalue weighted by molar-refractivity contribution is -0.384. The Morgan fingerprint density at radius 1 is 1.42 bits per heavy atom. The van der Waals surface area contributed by atoms with Gasteiger partial charge in [0.2, 0.25) is 0 Å². The number of fused-ring (bicyclic) bond motifs is 1. The first-order chi connectivity index (χ1) is 11.5. The summed E-state index contributed by atoms with van der Waals surface area (Å²) in [5.41, 5.74) is -0.482. The van der Waals surface area contributed by atoms with Gasteiger partial charge in [0.1, 0.15) is 5.75 Å². The summed E-state index contributed by atoms with van der Waals surface area (Å²) in [5, 5.41) is 20.2. The van der Waals surface area contributed by atoms with Crippen molar-refractivity contribution in [3.05, 3.63) is 34.4 Å². The van der Waals surface area contributed by atoms with Crippen LogP contribution in [-0.4, -0.2) is 47.1 Å². The van der Waals surface area contributed by atoms with Gasteiger partial charge in [-0.25, -0.2) is 0 Å². The van der Waals surface area contributed by atoms with Crippen LogP contribution in [0.25, 0.3) is 0 Å². The Hall–Kier alpha value is -2.15. The van der Waals surface area contributed by atoms with Gasteiger partial charge in [0.05, 0.1) is 16.9 Å². The summed E-state index contributed by atoms with van der Waals surface area (Å²) < 4.78 is 5.60. The molecule has 1 aromatic carbocycles. The molecule has 0 spiro atoms. The third-order valence-corrected chi connectivity index (χ3v) is 5.30. The van der Waals surface area contributed by atoms with Gasteiger partial charge in [0.25, 0.3) is 5.69 Å². The van der Waals surface area contributed by atoms with Gasteiger partial charge in [-0.15, -0.1) is 0 Å². The smallest absolute Gasteiger partial charge is 0.311 e. The molecule has 1 saturated carbocycles. The molecule has 1 aromatic rings. The second kappa shape index (κ2) is 6.76. The maximum Gasteiger partial charge on any atom is 0.311 e. The number of nitro groups is 1. The summed E-state index contributed by atoms with van der Waals surface area (Å²) in [6.07, 6.45) is 3.64. The van der Waals surface area contributed by atoms with Gasteiger partial charge in [-0.3, -0.25) is 14.9 Å². The van der Waals surface area contributed by atoms with Gasteiger partial charge in [-0.05, 0) is 37.3 Å². The fourth-order valence-corrected chi connectivity index (χ4v) is 4.06. The SMILES string of the molecule is O=C(O)[C@@]12CCC[C@H]1CN(CCCOc1ccc([N+](=O)[O-])cc1)C2. The van der Waals surface area contributed by atoms with E-state index >= 15 is 0 Å². The highest BCUT2D eigenvalue weighted by Gasteiger charge is 2.54. The molecule has 2 atom stereocenters. The van der Waals surface area contributed by atoms with E-state index in [-0.39, 0.29) is 11.6 Å². The summed E-state index contributed by atoms with van der Waals surface area (Å²) in [5.74, 6) is 0.251. The second-order valence-electron chi connectivity index (χ2n) is 6.74. The van der Waals surface area contributed by atoms with E-state index in [0.29, 0.717) is 18.9 Å². The molecule has 3 rings (SSSR count). The first kappa shape index (κ1) is 16.7. The average molecular weight is 334 g/mol. The van der Waals surface area contributed by atoms with Gasteiger partial charge in [-0.2, -0.15) is 0 Å². The van der Waals surface area contributed by atoms with E-state index in [1.54, 1.807) is 12.1 Å². The van der Waals surface area contributed by atoms with Crippen molar-refractivity contribution in [1.29, 1.82) is 0 Å². The normalized spacial score (nSPS) is 26.2. The fourth-order valence-electron chi connectivity index (χ4n) is 4.06. The molecule has 7 heteroatoms. The number of hydrogen-bond donors (Lipinski definition) is 1. The molecule has 2 aliphatic rings. The monoisotopic (exact) mass is 334 g/mol. The number of likely N-dealkylation sites (tertiary alicyclic amines) is 1. The van der Waals surface area contributed by atoms with Gasteiger partial charge >= 0.3 is 5.97 Å². The van der Waals surface area contributed by atoms with Crippen molar-refractivity contribution < 1.29 is 19.6 Å². The van der Waals surface area contributed by atoms with Crippen molar-refractivity contribution in [2.45, 2.75) is 25.7 Å². The highest BCUT2D eigenvalue weighted by molar-refractivity contribution is 5.76. The van der Waals surface area contributed by atoms with E-state index in [2.05, 4.69) is 4.90 Å². The Labute approximate surface area is 140 Å². The minimum atomic E-state index is -0.644. The second-order valence-corrected chi connectivity index (χ2v) is 6.74. The number of nitro benzene ring substituents is 1. The lowest BCUT2D eigenvalue weighted by Gasteiger charge is -2.23. The van der Waals surface area contributed by atoms with Crippen molar-refractivity contribution >= 4 is 11.7 Å². The number of carboxylic acids is 1. The number of benzene rings is 1. The standard InChI is InChI=1S/C17H22N2O5/c20-16(21)17-8-1-3-13(17)11-18(12-17)9-2-10-24-15-6-4-14(5-7-15)19(22)23/h4-7,13H,1-3,8-12H2,(H,20,21)/t13-,17+/m0/s1. The first-order valence-electron chi connectivity index (χ1n) is 8.34. The lowest BCUT2D eigenvalue weighted by atomic mass is 9.81. The summed E-state index contributed by atoms with van der Waals surface area (Å²) in [6.45, 7) is 2.84. The first-order valence-corrected chi connectivity index (χ1v) is 8.34. The molecule has 0 aromatic heterocycles. The molecular formula is C17H22N2O5. The third kappa shape index (κ3) is 3.21. The molecule has 1 saturated heterocycles. The maximum absolute atomic E-state index is 11.6. The van der Waals surface area contributed by atoms with Crippen LogP contribution < -0.4 is 4.74 Å². The predicted molar refractivity (Wildman–Crippen MR) is 87.1 cm³/mol. The number of carboxylic acid groups (broad SMARTS) is 1. The lowest BCUT2D eigenvalue weighted by Crippen LogP contribution is -2.36. The largest absolute Gasteiger partial charge is 0.494 e. The number of rotatable bonds is 7. The van der Waals surface area contributed by atoms with Crippen LogP contribution in [0, 0.1) is 21.4 Å². The van der Waals surface area contributed by atoms with E-state index in [1.165, 1.54) is 12.1 Å². The summed E-state index contributed by atoms with van der Waals surface area (Å²) >= 11 is 0. The molecule has 0 amide bonds. The Kier molecular flexibility index (Phi) is 4.71. The number of ether oxygens (including phenoxy) is 1. The van der Waals surface area contributed by atoms with Crippen molar-refractivity contribution in [3.63, 3.8) is 0 Å². The van der Waals surface area contributed by atoms with E-state index in [1.807, 2.05) is 0 Å². The topological polar surface area (TPSA) is 92.9 Å². The van der Waals surface area contributed by atoms with Gasteiger partial charge in [0.15, 0.2) is 0 Å². The zero-order valence-electron chi connectivity index (χ0n) is 13.5. The van der Waals surface area contributed by atoms with Gasteiger partial charge < -0.3 is 14.7 Å². The van der Waals surface area contributed by atoms with Gasteiger partial charge in [0, 0.05) is 31.8 Å². The van der Waals surface area contributed by atoms with Crippen LogP contribution in [-0.2, 0) is 4.79 Å². The van der Waals surface area contributed by atoms with Crippen LogP contribution in [0.5, 0.6) is 5.75 Å². The quantitative estimate of drug-likeness (QED) is 0.468. The predicted octanol–water partition coefficient (Wildman–Crippen LogP) is 2.55. The van der Waals surface area contributed by atoms with Crippen molar-refractivity contribution in [1.82, 2.24) is 4.90 Å². The van der Waals surface area contributed by atoms with Crippen molar-refractivity contribution in [2.24, 2.45) is 11.3 Å². The van der Waals surface area contributed by atoms with Crippen LogP contribution in [0.1, 0.15) is 25.7 Å². The van der Waals surface area contributed by atoms with E-state index in [0.717, 1.165) is 38.8 Å². The van der Waals surface area contributed by atoms with Crippen molar-refractivity contribution in [2.75, 3.05) is 26.2 Å². The molecule has 130 valence electrons. The van der Waals surface area contributed by atoms with Crippen LogP contribution in [0.2, 0.25) is 0 Å². The molecule has 0 radical (unpaired) electrons. The fraction of sp³-hybridized carbons (Fsp3) is 0.588. The number of non-ortho nitro benzene ring substituents is 1. The van der Waals surface area contributed by atoms with E-state index in [4.69, 9.17) is 4.74 Å². The molecule has 2 fully saturated rings. The summed E-state index contributed by atoms with van der Waals surface area (Å²) in [7, 11) is 0. The van der Waals surface area contributed by atoms with Gasteiger partial charge in [-0.1, -0.05) is 6.42 Å². The summed E-state index contributed by atoms with van der Waals surface area (Å²) in [4.78, 5) is 24.0. The maximum atomic E-state index is 11.6. The number of aliphatic carboxylic acids is 1. The number of carbonyl (C=O) groups is 1. The van der Waals surface area contributed by atoms with Crippen molar-refractivity contribution in [3.8, 4) is 5.75 Å². The molecule has 0 bridgehead atoms. The Bertz CT molecular complexity index is 618. The summed E-state index contributed by atoms with van der Waals surface area (Å²) in [6, 6.07) is 6.04. The molecular weight excluding hydrogens is 312 g/mol. The number of hydrogen-bond acceptors (Lipinski definition) is 5. The Morgan fingerprint density at radius 2 is 2.17 bits per heavy atom. The minimum absolute atomic E-state index is 0.0462. The average Bonchev–Trinajstić information content (AvgIpc) is 3.10. The molecule has 1 N–H and O–H groups in total. The highest BCUT2D eigenvalue weighted by Crippen LogP contribution is 2.48. The highest BCUT2D eigenvalue weighted by atomic mass is 16.6.